The Labute approximate surface area is 123 Å². The molecule has 0 saturated carbocycles. The third-order valence-electron chi connectivity index (χ3n) is 4.35. The third-order valence-corrected chi connectivity index (χ3v) is 4.35. The van der Waals surface area contributed by atoms with Crippen molar-refractivity contribution in [3.63, 3.8) is 0 Å². The summed E-state index contributed by atoms with van der Waals surface area (Å²) in [6.45, 7) is 2.09. The van der Waals surface area contributed by atoms with E-state index in [1.165, 1.54) is 29.5 Å². The summed E-state index contributed by atoms with van der Waals surface area (Å²) >= 11 is 0. The summed E-state index contributed by atoms with van der Waals surface area (Å²) in [5, 5.41) is 4.73. The van der Waals surface area contributed by atoms with Gasteiger partial charge >= 0.3 is 0 Å². The Kier molecular flexibility index (Phi) is 2.88. The van der Waals surface area contributed by atoms with E-state index in [9.17, 15) is 0 Å². The van der Waals surface area contributed by atoms with Crippen molar-refractivity contribution in [3.8, 4) is 0 Å². The van der Waals surface area contributed by atoms with Crippen LogP contribution in [-0.2, 0) is 6.42 Å². The fourth-order valence-electron chi connectivity index (χ4n) is 3.30. The van der Waals surface area contributed by atoms with Gasteiger partial charge in [0.1, 0.15) is 17.8 Å². The molecule has 0 bridgehead atoms. The van der Waals surface area contributed by atoms with Crippen molar-refractivity contribution in [2.45, 2.75) is 32.2 Å². The van der Waals surface area contributed by atoms with Crippen molar-refractivity contribution in [1.82, 2.24) is 15.0 Å². The maximum atomic E-state index is 4.46. The number of nitrogens with zero attached hydrogens (tertiary/aromatic N) is 2. The smallest absolute Gasteiger partial charge is 0.143 e. The van der Waals surface area contributed by atoms with E-state index < -0.39 is 0 Å². The van der Waals surface area contributed by atoms with E-state index in [4.69, 9.17) is 0 Å². The van der Waals surface area contributed by atoms with E-state index in [1.807, 2.05) is 6.20 Å². The summed E-state index contributed by atoms with van der Waals surface area (Å²) in [4.78, 5) is 12.0. The van der Waals surface area contributed by atoms with Crippen LogP contribution in [-0.4, -0.2) is 15.0 Å². The van der Waals surface area contributed by atoms with Crippen molar-refractivity contribution in [2.75, 3.05) is 5.32 Å². The lowest BCUT2D eigenvalue weighted by Gasteiger charge is -2.27. The predicted molar refractivity (Wildman–Crippen MR) is 84.4 cm³/mol. The van der Waals surface area contributed by atoms with Crippen LogP contribution in [0.25, 0.3) is 11.0 Å². The molecule has 0 aliphatic heterocycles. The van der Waals surface area contributed by atoms with E-state index in [0.717, 1.165) is 23.3 Å². The fourth-order valence-corrected chi connectivity index (χ4v) is 3.30. The molecular formula is C17H18N4. The number of aromatic nitrogens is 3. The van der Waals surface area contributed by atoms with Gasteiger partial charge in [0, 0.05) is 6.20 Å². The number of hydrogen-bond donors (Lipinski definition) is 2. The lowest BCUT2D eigenvalue weighted by molar-refractivity contribution is 0.599. The number of aromatic amines is 1. The molecule has 2 aromatic heterocycles. The predicted octanol–water partition coefficient (Wildman–Crippen LogP) is 3.76. The highest BCUT2D eigenvalue weighted by Gasteiger charge is 2.21. The molecule has 4 nitrogen and oxygen atoms in total. The van der Waals surface area contributed by atoms with E-state index in [2.05, 4.69) is 51.5 Å². The van der Waals surface area contributed by atoms with Gasteiger partial charge in [0.15, 0.2) is 0 Å². The molecule has 4 heteroatoms. The molecule has 0 saturated heterocycles. The van der Waals surface area contributed by atoms with Gasteiger partial charge in [-0.1, -0.05) is 24.3 Å². The zero-order chi connectivity index (χ0) is 14.2. The van der Waals surface area contributed by atoms with Crippen molar-refractivity contribution in [3.05, 3.63) is 53.5 Å². The van der Waals surface area contributed by atoms with Gasteiger partial charge in [0.05, 0.1) is 11.4 Å². The second-order valence-electron chi connectivity index (χ2n) is 5.71. The van der Waals surface area contributed by atoms with Gasteiger partial charge in [0.25, 0.3) is 0 Å². The number of hydrogen-bond acceptors (Lipinski definition) is 3. The Bertz CT molecular complexity index is 790. The average molecular weight is 278 g/mol. The molecule has 1 aliphatic rings. The lowest BCUT2D eigenvalue weighted by Crippen LogP contribution is -2.18. The Morgan fingerprint density at radius 3 is 3.10 bits per heavy atom. The van der Waals surface area contributed by atoms with Gasteiger partial charge in [-0.15, -0.1) is 0 Å². The van der Waals surface area contributed by atoms with E-state index in [-0.39, 0.29) is 0 Å². The first kappa shape index (κ1) is 12.4. The van der Waals surface area contributed by atoms with Gasteiger partial charge in [-0.25, -0.2) is 9.97 Å². The molecule has 2 heterocycles. The van der Waals surface area contributed by atoms with Gasteiger partial charge < -0.3 is 10.3 Å². The van der Waals surface area contributed by atoms with Crippen molar-refractivity contribution >= 4 is 16.9 Å². The number of aryl methyl sites for hydroxylation is 2. The fraction of sp³-hybridized carbons (Fsp3) is 0.294. The second-order valence-corrected chi connectivity index (χ2v) is 5.71. The Balaban J connectivity index is 1.75. The summed E-state index contributed by atoms with van der Waals surface area (Å²) in [5.74, 6) is 0.931. The van der Waals surface area contributed by atoms with Crippen LogP contribution in [0, 0.1) is 6.92 Å². The molecular weight excluding hydrogens is 260 g/mol. The lowest BCUT2D eigenvalue weighted by atomic mass is 9.88. The minimum absolute atomic E-state index is 0.336. The second kappa shape index (κ2) is 4.88. The molecule has 2 N–H and O–H groups in total. The van der Waals surface area contributed by atoms with Crippen LogP contribution in [0.15, 0.2) is 36.8 Å². The van der Waals surface area contributed by atoms with Crippen LogP contribution in [0.3, 0.4) is 0 Å². The molecule has 4 rings (SSSR count). The van der Waals surface area contributed by atoms with Crippen LogP contribution in [0.4, 0.5) is 5.82 Å². The molecule has 21 heavy (non-hydrogen) atoms. The highest BCUT2D eigenvalue weighted by molar-refractivity contribution is 5.90. The summed E-state index contributed by atoms with van der Waals surface area (Å²) in [6.07, 6.45) is 7.15. The average Bonchev–Trinajstić information content (AvgIpc) is 2.90. The Morgan fingerprint density at radius 1 is 1.24 bits per heavy atom. The molecule has 0 unspecified atom stereocenters. The minimum Gasteiger partial charge on any atom is -0.363 e. The standard InChI is InChI=1S/C17H18N4/c1-11-9-18-16-15(11)17(20-10-19-16)21-14-8-4-6-12-5-2-3-7-13(12)14/h2-3,5,7,9-10,14H,4,6,8H2,1H3,(H2,18,19,20,21)/t14-/m1/s1. The largest absolute Gasteiger partial charge is 0.363 e. The van der Waals surface area contributed by atoms with E-state index in [0.29, 0.717) is 6.04 Å². The molecule has 1 aliphatic carbocycles. The maximum absolute atomic E-state index is 4.46. The first-order chi connectivity index (χ1) is 10.3. The van der Waals surface area contributed by atoms with Gasteiger partial charge in [-0.3, -0.25) is 0 Å². The molecule has 0 spiro atoms. The first-order valence-electron chi connectivity index (χ1n) is 7.46. The van der Waals surface area contributed by atoms with Crippen LogP contribution in [0.2, 0.25) is 0 Å². The molecule has 1 atom stereocenters. The van der Waals surface area contributed by atoms with Crippen LogP contribution in [0.5, 0.6) is 0 Å². The first-order valence-corrected chi connectivity index (χ1v) is 7.46. The molecule has 0 fully saturated rings. The number of nitrogens with one attached hydrogen (secondary N) is 2. The number of anilines is 1. The normalized spacial score (nSPS) is 17.7. The van der Waals surface area contributed by atoms with E-state index in [1.54, 1.807) is 6.33 Å². The highest BCUT2D eigenvalue weighted by Crippen LogP contribution is 2.33. The number of H-pyrrole nitrogens is 1. The van der Waals surface area contributed by atoms with E-state index >= 15 is 0 Å². The summed E-state index contributed by atoms with van der Waals surface area (Å²) in [5.41, 5.74) is 4.94. The molecule has 3 aromatic rings. The Hall–Kier alpha value is -2.36. The quantitative estimate of drug-likeness (QED) is 0.750. The number of fused-ring (bicyclic) bond motifs is 2. The molecule has 1 aromatic carbocycles. The highest BCUT2D eigenvalue weighted by atomic mass is 15.1. The Morgan fingerprint density at radius 2 is 2.14 bits per heavy atom. The summed E-state index contributed by atoms with van der Waals surface area (Å²) in [7, 11) is 0. The monoisotopic (exact) mass is 278 g/mol. The van der Waals surface area contributed by atoms with Crippen LogP contribution < -0.4 is 5.32 Å². The zero-order valence-corrected chi connectivity index (χ0v) is 12.1. The minimum atomic E-state index is 0.336. The van der Waals surface area contributed by atoms with Crippen molar-refractivity contribution in [1.29, 1.82) is 0 Å². The molecule has 106 valence electrons. The van der Waals surface area contributed by atoms with Gasteiger partial charge in [-0.2, -0.15) is 0 Å². The van der Waals surface area contributed by atoms with Crippen molar-refractivity contribution in [2.24, 2.45) is 0 Å². The summed E-state index contributed by atoms with van der Waals surface area (Å²) < 4.78 is 0. The van der Waals surface area contributed by atoms with Crippen LogP contribution >= 0.6 is 0 Å². The SMILES string of the molecule is Cc1c[nH]c2ncnc(N[C@@H]3CCCc4ccccc43)c12. The topological polar surface area (TPSA) is 53.6 Å². The molecule has 0 radical (unpaired) electrons. The van der Waals surface area contributed by atoms with Crippen molar-refractivity contribution < 1.29 is 0 Å². The van der Waals surface area contributed by atoms with Gasteiger partial charge in [0.2, 0.25) is 0 Å². The molecule has 0 amide bonds. The maximum Gasteiger partial charge on any atom is 0.143 e. The zero-order valence-electron chi connectivity index (χ0n) is 12.1. The third kappa shape index (κ3) is 2.07. The summed E-state index contributed by atoms with van der Waals surface area (Å²) in [6, 6.07) is 9.05. The number of rotatable bonds is 2. The van der Waals surface area contributed by atoms with Gasteiger partial charge in [-0.05, 0) is 42.9 Å². The number of benzene rings is 1. The van der Waals surface area contributed by atoms with Crippen LogP contribution in [0.1, 0.15) is 35.6 Å².